The van der Waals surface area contributed by atoms with E-state index >= 15 is 0 Å². The van der Waals surface area contributed by atoms with Crippen LogP contribution in [-0.4, -0.2) is 41.3 Å². The standard InChI is InChI=1S/C23H22F3N3OS/c1-30-21-12-16(19-4-2-3-5-20(19)27-21)13-29-15-28(14-22(29)10-11-22)17-6-8-18(9-7-17)31-23(24,25)26/h2-9,12H,10-11,13-15H2,1H3. The van der Waals surface area contributed by atoms with Gasteiger partial charge in [0.05, 0.1) is 19.3 Å². The minimum Gasteiger partial charge on any atom is -0.481 e. The molecule has 2 fully saturated rings. The van der Waals surface area contributed by atoms with Crippen LogP contribution in [0.4, 0.5) is 18.9 Å². The van der Waals surface area contributed by atoms with E-state index in [-0.39, 0.29) is 22.2 Å². The van der Waals surface area contributed by atoms with Crippen molar-refractivity contribution in [3.05, 3.63) is 60.2 Å². The number of alkyl halides is 3. The molecule has 1 aromatic heterocycles. The Morgan fingerprint density at radius 2 is 1.84 bits per heavy atom. The van der Waals surface area contributed by atoms with E-state index in [9.17, 15) is 13.2 Å². The molecule has 3 aromatic rings. The van der Waals surface area contributed by atoms with Gasteiger partial charge in [0, 0.05) is 40.7 Å². The van der Waals surface area contributed by atoms with Crippen molar-refractivity contribution in [1.29, 1.82) is 0 Å². The van der Waals surface area contributed by atoms with Crippen molar-refractivity contribution in [2.45, 2.75) is 35.3 Å². The smallest absolute Gasteiger partial charge is 0.446 e. The van der Waals surface area contributed by atoms with Gasteiger partial charge >= 0.3 is 5.51 Å². The zero-order valence-corrected chi connectivity index (χ0v) is 17.8. The largest absolute Gasteiger partial charge is 0.481 e. The number of halogens is 3. The molecule has 0 atom stereocenters. The maximum Gasteiger partial charge on any atom is 0.446 e. The number of anilines is 1. The van der Waals surface area contributed by atoms with Crippen LogP contribution in [0.2, 0.25) is 0 Å². The first-order chi connectivity index (χ1) is 14.9. The summed E-state index contributed by atoms with van der Waals surface area (Å²) in [6.07, 6.45) is 2.26. The van der Waals surface area contributed by atoms with Crippen molar-refractivity contribution in [3.8, 4) is 5.88 Å². The van der Waals surface area contributed by atoms with E-state index in [1.165, 1.54) is 5.56 Å². The summed E-state index contributed by atoms with van der Waals surface area (Å²) in [5, 5.41) is 1.12. The lowest BCUT2D eigenvalue weighted by molar-refractivity contribution is -0.0328. The average molecular weight is 446 g/mol. The molecule has 1 spiro atoms. The fourth-order valence-corrected chi connectivity index (χ4v) is 4.93. The molecule has 1 saturated carbocycles. The number of rotatable bonds is 5. The fraction of sp³-hybridized carbons (Fsp3) is 0.348. The molecule has 0 N–H and O–H groups in total. The third-order valence-electron chi connectivity index (χ3n) is 6.11. The highest BCUT2D eigenvalue weighted by molar-refractivity contribution is 8.00. The number of hydrogen-bond donors (Lipinski definition) is 0. The van der Waals surface area contributed by atoms with E-state index in [4.69, 9.17) is 4.74 Å². The number of aromatic nitrogens is 1. The quantitative estimate of drug-likeness (QED) is 0.472. The zero-order chi connectivity index (χ0) is 21.6. The summed E-state index contributed by atoms with van der Waals surface area (Å²) in [5.41, 5.74) is -1.09. The summed E-state index contributed by atoms with van der Waals surface area (Å²) in [6, 6.07) is 16.8. The van der Waals surface area contributed by atoms with E-state index in [2.05, 4.69) is 20.9 Å². The molecule has 2 aliphatic rings. The maximum absolute atomic E-state index is 12.6. The molecule has 0 amide bonds. The Balaban J connectivity index is 1.37. The van der Waals surface area contributed by atoms with E-state index in [1.54, 1.807) is 31.4 Å². The number of methoxy groups -OCH3 is 1. The number of ether oxygens (including phenoxy) is 1. The lowest BCUT2D eigenvalue weighted by Gasteiger charge is -2.23. The second-order valence-electron chi connectivity index (χ2n) is 8.14. The van der Waals surface area contributed by atoms with Gasteiger partial charge in [-0.2, -0.15) is 13.2 Å². The normalized spacial score (nSPS) is 18.1. The lowest BCUT2D eigenvalue weighted by Crippen LogP contribution is -2.32. The first kappa shape index (κ1) is 20.5. The highest BCUT2D eigenvalue weighted by atomic mass is 32.2. The Kier molecular flexibility index (Phi) is 5.01. The Hall–Kier alpha value is -2.45. The fourth-order valence-electron chi connectivity index (χ4n) is 4.39. The summed E-state index contributed by atoms with van der Waals surface area (Å²) in [6.45, 7) is 2.40. The molecular formula is C23H22F3N3OS. The van der Waals surface area contributed by atoms with Crippen LogP contribution in [0, 0.1) is 0 Å². The van der Waals surface area contributed by atoms with Crippen molar-refractivity contribution in [3.63, 3.8) is 0 Å². The number of thioether (sulfide) groups is 1. The van der Waals surface area contributed by atoms with Crippen LogP contribution in [0.3, 0.4) is 0 Å². The molecule has 2 heterocycles. The summed E-state index contributed by atoms with van der Waals surface area (Å²) < 4.78 is 43.2. The van der Waals surface area contributed by atoms with Gasteiger partial charge in [0.15, 0.2) is 0 Å². The lowest BCUT2D eigenvalue weighted by atomic mass is 10.1. The van der Waals surface area contributed by atoms with E-state index in [0.717, 1.165) is 49.2 Å². The number of nitrogens with zero attached hydrogens (tertiary/aromatic N) is 3. The number of para-hydroxylation sites is 1. The molecule has 1 aliphatic heterocycles. The number of pyridine rings is 1. The Labute approximate surface area is 183 Å². The zero-order valence-electron chi connectivity index (χ0n) is 17.0. The van der Waals surface area contributed by atoms with Crippen molar-refractivity contribution in [1.82, 2.24) is 9.88 Å². The van der Waals surface area contributed by atoms with Gasteiger partial charge in [-0.15, -0.1) is 0 Å². The van der Waals surface area contributed by atoms with Gasteiger partial charge in [-0.05, 0) is 60.5 Å². The van der Waals surface area contributed by atoms with Gasteiger partial charge in [-0.25, -0.2) is 4.98 Å². The molecule has 31 heavy (non-hydrogen) atoms. The number of fused-ring (bicyclic) bond motifs is 1. The highest BCUT2D eigenvalue weighted by Crippen LogP contribution is 2.48. The maximum atomic E-state index is 12.6. The minimum absolute atomic E-state index is 0.0757. The van der Waals surface area contributed by atoms with Crippen molar-refractivity contribution < 1.29 is 17.9 Å². The molecule has 1 saturated heterocycles. The predicted octanol–water partition coefficient (Wildman–Crippen LogP) is 5.67. The van der Waals surface area contributed by atoms with Gasteiger partial charge in [-0.1, -0.05) is 18.2 Å². The monoisotopic (exact) mass is 445 g/mol. The van der Waals surface area contributed by atoms with E-state index < -0.39 is 5.51 Å². The van der Waals surface area contributed by atoms with Gasteiger partial charge < -0.3 is 9.64 Å². The molecule has 8 heteroatoms. The van der Waals surface area contributed by atoms with Crippen molar-refractivity contribution >= 4 is 28.4 Å². The molecule has 0 unspecified atom stereocenters. The molecule has 0 radical (unpaired) electrons. The second kappa shape index (κ2) is 7.60. The van der Waals surface area contributed by atoms with E-state index in [0.29, 0.717) is 5.88 Å². The van der Waals surface area contributed by atoms with Crippen molar-refractivity contribution in [2.75, 3.05) is 25.2 Å². The van der Waals surface area contributed by atoms with Crippen LogP contribution in [0.15, 0.2) is 59.5 Å². The van der Waals surface area contributed by atoms with Gasteiger partial charge in [0.25, 0.3) is 0 Å². The van der Waals surface area contributed by atoms with Crippen LogP contribution in [0.25, 0.3) is 10.9 Å². The summed E-state index contributed by atoms with van der Waals surface area (Å²) >= 11 is -0.0757. The summed E-state index contributed by atoms with van der Waals surface area (Å²) in [5.74, 6) is 0.604. The molecule has 4 nitrogen and oxygen atoms in total. The number of benzene rings is 2. The van der Waals surface area contributed by atoms with Crippen LogP contribution >= 0.6 is 11.8 Å². The van der Waals surface area contributed by atoms with Gasteiger partial charge in [-0.3, -0.25) is 4.90 Å². The van der Waals surface area contributed by atoms with Gasteiger partial charge in [0.1, 0.15) is 0 Å². The molecule has 162 valence electrons. The summed E-state index contributed by atoms with van der Waals surface area (Å²) in [7, 11) is 1.63. The minimum atomic E-state index is -4.27. The molecule has 1 aliphatic carbocycles. The highest BCUT2D eigenvalue weighted by Gasteiger charge is 2.53. The Morgan fingerprint density at radius 1 is 1.10 bits per heavy atom. The first-order valence-electron chi connectivity index (χ1n) is 10.1. The molecule has 2 aromatic carbocycles. The molecule has 0 bridgehead atoms. The van der Waals surface area contributed by atoms with Crippen molar-refractivity contribution in [2.24, 2.45) is 0 Å². The van der Waals surface area contributed by atoms with Crippen LogP contribution in [-0.2, 0) is 6.54 Å². The Morgan fingerprint density at radius 3 is 2.52 bits per heavy atom. The molecule has 5 rings (SSSR count). The predicted molar refractivity (Wildman–Crippen MR) is 116 cm³/mol. The summed E-state index contributed by atoms with van der Waals surface area (Å²) in [4.78, 5) is 9.49. The SMILES string of the molecule is COc1cc(CN2CN(c3ccc(SC(F)(F)F)cc3)CC23CC3)c2ccccc2n1. The topological polar surface area (TPSA) is 28.6 Å². The van der Waals surface area contributed by atoms with Crippen LogP contribution in [0.5, 0.6) is 5.88 Å². The number of hydrogen-bond acceptors (Lipinski definition) is 5. The second-order valence-corrected chi connectivity index (χ2v) is 9.28. The van der Waals surface area contributed by atoms with Gasteiger partial charge in [0.2, 0.25) is 5.88 Å². The first-order valence-corrected chi connectivity index (χ1v) is 11.0. The Bertz CT molecular complexity index is 1100. The van der Waals surface area contributed by atoms with Crippen LogP contribution in [0.1, 0.15) is 18.4 Å². The van der Waals surface area contributed by atoms with Crippen LogP contribution < -0.4 is 9.64 Å². The third-order valence-corrected chi connectivity index (χ3v) is 6.85. The third kappa shape index (κ3) is 4.19. The average Bonchev–Trinajstić information content (AvgIpc) is 3.43. The molecular weight excluding hydrogens is 423 g/mol. The van der Waals surface area contributed by atoms with E-state index in [1.807, 2.05) is 24.3 Å².